The van der Waals surface area contributed by atoms with Crippen molar-refractivity contribution in [2.45, 2.75) is 0 Å². The van der Waals surface area contributed by atoms with E-state index < -0.39 is 0 Å². The van der Waals surface area contributed by atoms with Crippen LogP contribution < -0.4 is 0 Å². The Balaban J connectivity index is 1.05. The lowest BCUT2D eigenvalue weighted by molar-refractivity contribution is 0.654. The van der Waals surface area contributed by atoms with Crippen LogP contribution in [-0.4, -0.2) is 14.5 Å². The zero-order valence-electron chi connectivity index (χ0n) is 26.1. The van der Waals surface area contributed by atoms with Gasteiger partial charge in [-0.15, -0.1) is 11.3 Å². The van der Waals surface area contributed by atoms with Crippen molar-refractivity contribution in [2.24, 2.45) is 0 Å². The molecule has 5 heteroatoms. The number of rotatable bonds is 3. The number of para-hydroxylation sites is 2. The monoisotopic (exact) mass is 643 g/mol. The van der Waals surface area contributed by atoms with Crippen molar-refractivity contribution in [3.63, 3.8) is 0 Å². The lowest BCUT2D eigenvalue weighted by atomic mass is 9.99. The smallest absolute Gasteiger partial charge is 0.246 e. The number of hydrogen-bond acceptors (Lipinski definition) is 4. The van der Waals surface area contributed by atoms with Crippen molar-refractivity contribution in [1.29, 1.82) is 0 Å². The minimum atomic E-state index is 0.562. The van der Waals surface area contributed by atoms with E-state index in [-0.39, 0.29) is 0 Å². The van der Waals surface area contributed by atoms with Gasteiger partial charge in [0.1, 0.15) is 11.1 Å². The summed E-state index contributed by atoms with van der Waals surface area (Å²) in [5.41, 5.74) is 10.0. The summed E-state index contributed by atoms with van der Waals surface area (Å²) in [6, 6.07) is 51.9. The summed E-state index contributed by atoms with van der Waals surface area (Å²) in [5, 5.41) is 8.24. The Morgan fingerprint density at radius 1 is 0.551 bits per heavy atom. The Bertz CT molecular complexity index is 3110. The number of thiophene rings is 1. The lowest BCUT2D eigenvalue weighted by Crippen LogP contribution is -1.92. The molecular weight excluding hydrogens is 619 g/mol. The molecule has 0 saturated heterocycles. The van der Waals surface area contributed by atoms with E-state index in [9.17, 15) is 0 Å². The Hall–Kier alpha value is -6.30. The van der Waals surface area contributed by atoms with Gasteiger partial charge in [0.05, 0.1) is 28.3 Å². The van der Waals surface area contributed by atoms with Gasteiger partial charge in [-0.3, -0.25) is 0 Å². The minimum Gasteiger partial charge on any atom is -0.436 e. The van der Waals surface area contributed by atoms with Crippen LogP contribution >= 0.6 is 11.3 Å². The molecule has 0 atom stereocenters. The Morgan fingerprint density at radius 3 is 2.29 bits per heavy atom. The third-order valence-corrected chi connectivity index (χ3v) is 11.0. The van der Waals surface area contributed by atoms with Crippen LogP contribution in [0.4, 0.5) is 0 Å². The fourth-order valence-electron chi connectivity index (χ4n) is 7.66. The number of nitrogens with zero attached hydrogens (tertiary/aromatic N) is 3. The molecule has 7 aromatic carbocycles. The highest BCUT2D eigenvalue weighted by atomic mass is 32.1. The second-order valence-electron chi connectivity index (χ2n) is 12.6. The van der Waals surface area contributed by atoms with Crippen molar-refractivity contribution in [1.82, 2.24) is 14.5 Å². The maximum atomic E-state index is 6.28. The summed E-state index contributed by atoms with van der Waals surface area (Å²) in [7, 11) is 0. The summed E-state index contributed by atoms with van der Waals surface area (Å²) in [6.45, 7) is 0. The molecule has 11 rings (SSSR count). The second kappa shape index (κ2) is 10.1. The largest absolute Gasteiger partial charge is 0.436 e. The molecule has 0 bridgehead atoms. The van der Waals surface area contributed by atoms with E-state index in [1.807, 2.05) is 23.6 Å². The number of furan rings is 1. The molecule has 0 spiro atoms. The number of hydrogen-bond donors (Lipinski definition) is 0. The fraction of sp³-hybridized carbons (Fsp3) is 0. The molecule has 228 valence electrons. The fourth-order valence-corrected chi connectivity index (χ4v) is 8.83. The third-order valence-electron chi connectivity index (χ3n) is 9.87. The van der Waals surface area contributed by atoms with E-state index in [1.54, 1.807) is 0 Å². The third kappa shape index (κ3) is 3.91. The summed E-state index contributed by atoms with van der Waals surface area (Å²) in [6.07, 6.45) is 1.90. The lowest BCUT2D eigenvalue weighted by Gasteiger charge is -2.08. The Morgan fingerprint density at radius 2 is 1.35 bits per heavy atom. The SMILES string of the molecule is c1ccc(-n2c3ccccc3c3cc(-c4ccc5c(c4)sc4cccc(-c6cnc7c(n6)oc6ccc8ccccc8c67)c45)ccc32)cc1. The average molecular weight is 644 g/mol. The van der Waals surface area contributed by atoms with E-state index in [2.05, 4.69) is 144 Å². The van der Waals surface area contributed by atoms with Crippen LogP contribution in [0.2, 0.25) is 0 Å². The molecule has 0 unspecified atom stereocenters. The Kier molecular flexibility index (Phi) is 5.51. The molecule has 4 aromatic heterocycles. The summed E-state index contributed by atoms with van der Waals surface area (Å²) >= 11 is 1.82. The molecule has 0 saturated carbocycles. The molecule has 4 nitrogen and oxygen atoms in total. The minimum absolute atomic E-state index is 0.562. The van der Waals surface area contributed by atoms with Crippen molar-refractivity contribution in [2.75, 3.05) is 0 Å². The molecular formula is C44H25N3OS. The maximum absolute atomic E-state index is 6.28. The molecule has 4 heterocycles. The zero-order valence-corrected chi connectivity index (χ0v) is 26.9. The summed E-state index contributed by atoms with van der Waals surface area (Å²) in [4.78, 5) is 9.98. The molecule has 11 aromatic rings. The number of aromatic nitrogens is 3. The number of benzene rings is 7. The van der Waals surface area contributed by atoms with E-state index in [0.29, 0.717) is 5.71 Å². The van der Waals surface area contributed by atoms with E-state index in [4.69, 9.17) is 14.4 Å². The topological polar surface area (TPSA) is 43.9 Å². The first kappa shape index (κ1) is 26.7. The number of fused-ring (bicyclic) bond motifs is 11. The predicted octanol–water partition coefficient (Wildman–Crippen LogP) is 12.3. The van der Waals surface area contributed by atoms with Gasteiger partial charge < -0.3 is 8.98 Å². The molecule has 0 radical (unpaired) electrons. The molecule has 0 fully saturated rings. The van der Waals surface area contributed by atoms with Crippen LogP contribution in [0.15, 0.2) is 156 Å². The maximum Gasteiger partial charge on any atom is 0.246 e. The first-order valence-electron chi connectivity index (χ1n) is 16.4. The van der Waals surface area contributed by atoms with Crippen LogP contribution in [0.3, 0.4) is 0 Å². The van der Waals surface area contributed by atoms with Crippen molar-refractivity contribution in [3.8, 4) is 28.1 Å². The van der Waals surface area contributed by atoms with Crippen molar-refractivity contribution >= 4 is 86.3 Å². The molecule has 0 aliphatic carbocycles. The quantitative estimate of drug-likeness (QED) is 0.192. The standard InChI is InChI=1S/C44H25N3OS/c1-2-10-29(11-3-1)47-36-15-7-6-13-31(36)34-23-27(18-21-37(34)47)28-17-20-33-40(24-28)49-39-16-8-14-32(41(33)39)35-25-45-43-42-30-12-5-4-9-26(30)19-22-38(42)48-44(43)46-35/h1-25H. The van der Waals surface area contributed by atoms with Gasteiger partial charge in [-0.05, 0) is 70.4 Å². The van der Waals surface area contributed by atoms with Gasteiger partial charge in [0.15, 0.2) is 0 Å². The highest BCUT2D eigenvalue weighted by molar-refractivity contribution is 7.26. The van der Waals surface area contributed by atoms with Crippen LogP contribution in [0, 0.1) is 0 Å². The first-order valence-corrected chi connectivity index (χ1v) is 17.2. The van der Waals surface area contributed by atoms with Crippen molar-refractivity contribution in [3.05, 3.63) is 152 Å². The molecule has 0 N–H and O–H groups in total. The van der Waals surface area contributed by atoms with Crippen molar-refractivity contribution < 1.29 is 4.42 Å². The summed E-state index contributed by atoms with van der Waals surface area (Å²) in [5.74, 6) is 0. The van der Waals surface area contributed by atoms with Gasteiger partial charge in [0.25, 0.3) is 0 Å². The Labute approximate surface area is 284 Å². The van der Waals surface area contributed by atoms with Crippen LogP contribution in [0.5, 0.6) is 0 Å². The van der Waals surface area contributed by atoms with Crippen LogP contribution in [-0.2, 0) is 0 Å². The van der Waals surface area contributed by atoms with E-state index in [1.165, 1.54) is 58.8 Å². The highest BCUT2D eigenvalue weighted by Gasteiger charge is 2.18. The average Bonchev–Trinajstić information content (AvgIpc) is 3.83. The van der Waals surface area contributed by atoms with Gasteiger partial charge in [0, 0.05) is 42.2 Å². The molecule has 0 aliphatic heterocycles. The zero-order chi connectivity index (χ0) is 32.1. The van der Waals surface area contributed by atoms with Gasteiger partial charge in [0.2, 0.25) is 5.71 Å². The van der Waals surface area contributed by atoms with Gasteiger partial charge in [-0.1, -0.05) is 97.1 Å². The van der Waals surface area contributed by atoms with E-state index >= 15 is 0 Å². The van der Waals surface area contributed by atoms with Gasteiger partial charge in [-0.2, -0.15) is 0 Å². The summed E-state index contributed by atoms with van der Waals surface area (Å²) < 4.78 is 11.1. The first-order chi connectivity index (χ1) is 24.3. The molecule has 49 heavy (non-hydrogen) atoms. The van der Waals surface area contributed by atoms with Crippen LogP contribution in [0.1, 0.15) is 0 Å². The molecule has 0 aliphatic rings. The van der Waals surface area contributed by atoms with Gasteiger partial charge in [-0.25, -0.2) is 9.97 Å². The highest BCUT2D eigenvalue weighted by Crippen LogP contribution is 2.43. The normalized spacial score (nSPS) is 12.1. The predicted molar refractivity (Wildman–Crippen MR) is 205 cm³/mol. The van der Waals surface area contributed by atoms with Crippen LogP contribution in [0.25, 0.3) is 103 Å². The molecule has 0 amide bonds. The van der Waals surface area contributed by atoms with Gasteiger partial charge >= 0.3 is 0 Å². The second-order valence-corrected chi connectivity index (χ2v) is 13.7. The van der Waals surface area contributed by atoms with E-state index in [0.717, 1.165) is 38.5 Å².